The van der Waals surface area contributed by atoms with E-state index in [1.807, 2.05) is 13.8 Å². The van der Waals surface area contributed by atoms with Crippen LogP contribution < -0.4 is 5.32 Å². The lowest BCUT2D eigenvalue weighted by Crippen LogP contribution is -2.36. The van der Waals surface area contributed by atoms with Gasteiger partial charge < -0.3 is 10.4 Å². The van der Waals surface area contributed by atoms with Crippen molar-refractivity contribution in [1.29, 1.82) is 5.26 Å². The maximum atomic E-state index is 13.0. The molecule has 1 aromatic heterocycles. The number of anilines is 1. The van der Waals surface area contributed by atoms with E-state index in [0.717, 1.165) is 36.0 Å². The minimum absolute atomic E-state index is 0.205. The number of nitrogens with one attached hydrogen (secondary N) is 1. The lowest BCUT2D eigenvalue weighted by Gasteiger charge is -2.33. The first kappa shape index (κ1) is 21.6. The van der Waals surface area contributed by atoms with Gasteiger partial charge in [-0.15, -0.1) is 11.3 Å². The number of hydrogen-bond acceptors (Lipinski definition) is 4. The molecule has 1 aromatic rings. The molecule has 5 nitrogen and oxygen atoms in total. The number of nitriles is 1. The monoisotopic (exact) mass is 414 g/mol. The number of carbonyl (C=O) groups excluding carboxylic acids is 1. The summed E-state index contributed by atoms with van der Waals surface area (Å²) in [5.41, 5.74) is 3.98. The summed E-state index contributed by atoms with van der Waals surface area (Å²) < 4.78 is 0. The number of aliphatic carboxylic acids is 1. The highest BCUT2D eigenvalue weighted by Crippen LogP contribution is 2.44. The van der Waals surface area contributed by atoms with Crippen molar-refractivity contribution in [3.8, 4) is 6.07 Å². The van der Waals surface area contributed by atoms with Crippen molar-refractivity contribution < 1.29 is 14.7 Å². The second-order valence-electron chi connectivity index (χ2n) is 9.63. The van der Waals surface area contributed by atoms with Crippen LogP contribution in [0.25, 0.3) is 0 Å². The molecule has 2 aliphatic rings. The highest BCUT2D eigenvalue weighted by Gasteiger charge is 2.38. The minimum Gasteiger partial charge on any atom is -0.481 e. The summed E-state index contributed by atoms with van der Waals surface area (Å²) in [5, 5.41) is 22.9. The van der Waals surface area contributed by atoms with Gasteiger partial charge in [-0.2, -0.15) is 5.26 Å². The quantitative estimate of drug-likeness (QED) is 0.669. The van der Waals surface area contributed by atoms with Crippen molar-refractivity contribution in [2.45, 2.75) is 66.7 Å². The van der Waals surface area contributed by atoms with Crippen molar-refractivity contribution in [2.75, 3.05) is 5.32 Å². The topological polar surface area (TPSA) is 90.2 Å². The summed E-state index contributed by atoms with van der Waals surface area (Å²) in [6.07, 6.45) is 3.68. The van der Waals surface area contributed by atoms with Crippen LogP contribution in [0, 0.1) is 34.5 Å². The molecule has 0 unspecified atom stereocenters. The maximum Gasteiger partial charge on any atom is 0.307 e. The van der Waals surface area contributed by atoms with Crippen LogP contribution >= 0.6 is 11.3 Å². The van der Waals surface area contributed by atoms with Gasteiger partial charge in [0.15, 0.2) is 0 Å². The van der Waals surface area contributed by atoms with Crippen LogP contribution in [0.3, 0.4) is 0 Å². The van der Waals surface area contributed by atoms with E-state index in [4.69, 9.17) is 0 Å². The fourth-order valence-electron chi connectivity index (χ4n) is 4.56. The van der Waals surface area contributed by atoms with E-state index in [9.17, 15) is 20.0 Å². The number of nitrogens with zero attached hydrogens (tertiary/aromatic N) is 1. The van der Waals surface area contributed by atoms with Crippen LogP contribution in [-0.2, 0) is 22.4 Å². The second kappa shape index (κ2) is 7.95. The molecule has 3 rings (SSSR count). The number of carbonyl (C=O) groups is 2. The molecule has 3 atom stereocenters. The van der Waals surface area contributed by atoms with Gasteiger partial charge in [-0.3, -0.25) is 9.59 Å². The summed E-state index contributed by atoms with van der Waals surface area (Å²) in [6.45, 7) is 10.6. The predicted molar refractivity (Wildman–Crippen MR) is 115 cm³/mol. The molecule has 0 bridgehead atoms. The Morgan fingerprint density at radius 1 is 1.14 bits per heavy atom. The van der Waals surface area contributed by atoms with Crippen LogP contribution in [-0.4, -0.2) is 17.0 Å². The molecule has 6 heteroatoms. The molecule has 0 radical (unpaired) electrons. The van der Waals surface area contributed by atoms with E-state index in [1.54, 1.807) is 0 Å². The van der Waals surface area contributed by atoms with Gasteiger partial charge in [0.05, 0.1) is 17.4 Å². The van der Waals surface area contributed by atoms with Gasteiger partial charge in [0.25, 0.3) is 0 Å². The van der Waals surface area contributed by atoms with Crippen LogP contribution in [0.2, 0.25) is 0 Å². The van der Waals surface area contributed by atoms with Crippen LogP contribution in [0.1, 0.15) is 69.9 Å². The fraction of sp³-hybridized carbons (Fsp3) is 0.609. The van der Waals surface area contributed by atoms with Crippen molar-refractivity contribution in [2.24, 2.45) is 23.2 Å². The largest absolute Gasteiger partial charge is 0.481 e. The number of fused-ring (bicyclic) bond motifs is 1. The van der Waals surface area contributed by atoms with Gasteiger partial charge >= 0.3 is 5.97 Å². The number of thiophene rings is 1. The van der Waals surface area contributed by atoms with Gasteiger partial charge in [0, 0.05) is 4.88 Å². The second-order valence-corrected chi connectivity index (χ2v) is 10.7. The zero-order chi connectivity index (χ0) is 21.5. The molecule has 156 valence electrons. The molecule has 1 amide bonds. The zero-order valence-corrected chi connectivity index (χ0v) is 18.7. The third-order valence-corrected chi connectivity index (χ3v) is 7.93. The number of hydrogen-bond donors (Lipinski definition) is 2. The van der Waals surface area contributed by atoms with Gasteiger partial charge in [-0.05, 0) is 62.8 Å². The molecule has 2 aliphatic carbocycles. The predicted octanol–water partition coefficient (Wildman–Crippen LogP) is 5.16. The number of carboxylic acids is 1. The highest BCUT2D eigenvalue weighted by molar-refractivity contribution is 7.16. The third-order valence-electron chi connectivity index (χ3n) is 6.76. The standard InChI is InChI=1S/C23H30N2O3S/c1-12-8-16(17(22(27)28)9-13(12)2)20(26)25-21-18(11-24)15-7-6-14(23(3,4)5)10-19(15)29-21/h14,16-17H,6-10H2,1-5H3,(H,25,26)(H,27,28)/t14-,16-,17+/m0/s1. The van der Waals surface area contributed by atoms with Crippen molar-refractivity contribution >= 4 is 28.2 Å². The Balaban J connectivity index is 1.85. The van der Waals surface area contributed by atoms with E-state index in [-0.39, 0.29) is 11.3 Å². The van der Waals surface area contributed by atoms with E-state index >= 15 is 0 Å². The zero-order valence-electron chi connectivity index (χ0n) is 17.9. The van der Waals surface area contributed by atoms with Gasteiger partial charge in [0.1, 0.15) is 11.1 Å². The lowest BCUT2D eigenvalue weighted by molar-refractivity contribution is -0.146. The molecule has 0 saturated carbocycles. The smallest absolute Gasteiger partial charge is 0.307 e. The number of carboxylic acid groups (broad SMARTS) is 1. The van der Waals surface area contributed by atoms with E-state index < -0.39 is 17.8 Å². The van der Waals surface area contributed by atoms with E-state index in [0.29, 0.717) is 29.3 Å². The normalized spacial score (nSPS) is 24.6. The SMILES string of the molecule is CC1=C(C)C[C@@H](C(=O)O)[C@@H](C(=O)Nc2sc3c(c2C#N)CC[C@H](C(C)(C)C)C3)C1. The summed E-state index contributed by atoms with van der Waals surface area (Å²) in [7, 11) is 0. The Labute approximate surface area is 176 Å². The van der Waals surface area contributed by atoms with E-state index in [1.165, 1.54) is 16.2 Å². The van der Waals surface area contributed by atoms with Crippen LogP contribution in [0.5, 0.6) is 0 Å². The molecular formula is C23H30N2O3S. The molecule has 0 saturated heterocycles. The summed E-state index contributed by atoms with van der Waals surface area (Å²) >= 11 is 1.50. The molecule has 0 aliphatic heterocycles. The molecule has 0 fully saturated rings. The molecule has 0 spiro atoms. The average Bonchev–Trinajstić information content (AvgIpc) is 2.98. The van der Waals surface area contributed by atoms with Gasteiger partial charge in [0.2, 0.25) is 5.91 Å². The lowest BCUT2D eigenvalue weighted by atomic mass is 9.72. The van der Waals surface area contributed by atoms with Crippen LogP contribution in [0.4, 0.5) is 5.00 Å². The first-order valence-electron chi connectivity index (χ1n) is 10.3. The molecule has 29 heavy (non-hydrogen) atoms. The number of rotatable bonds is 3. The summed E-state index contributed by atoms with van der Waals surface area (Å²) in [5.74, 6) is -2.00. The Hall–Kier alpha value is -2.13. The van der Waals surface area contributed by atoms with E-state index in [2.05, 4.69) is 32.2 Å². The minimum atomic E-state index is -0.934. The summed E-state index contributed by atoms with van der Waals surface area (Å²) in [4.78, 5) is 26.0. The number of allylic oxidation sites excluding steroid dienone is 2. The Bertz CT molecular complexity index is 914. The van der Waals surface area contributed by atoms with Crippen molar-refractivity contribution in [3.05, 3.63) is 27.2 Å². The Morgan fingerprint density at radius 2 is 1.76 bits per heavy atom. The average molecular weight is 415 g/mol. The Kier molecular flexibility index (Phi) is 5.91. The first-order chi connectivity index (χ1) is 13.5. The Morgan fingerprint density at radius 3 is 2.31 bits per heavy atom. The van der Waals surface area contributed by atoms with Gasteiger partial charge in [-0.25, -0.2) is 0 Å². The van der Waals surface area contributed by atoms with Crippen molar-refractivity contribution in [3.63, 3.8) is 0 Å². The fourth-order valence-corrected chi connectivity index (χ4v) is 5.84. The molecule has 1 heterocycles. The highest BCUT2D eigenvalue weighted by atomic mass is 32.1. The van der Waals surface area contributed by atoms with Gasteiger partial charge in [-0.1, -0.05) is 31.9 Å². The number of amides is 1. The molecule has 0 aromatic carbocycles. The van der Waals surface area contributed by atoms with Crippen molar-refractivity contribution in [1.82, 2.24) is 0 Å². The summed E-state index contributed by atoms with van der Waals surface area (Å²) in [6, 6.07) is 2.29. The molecular weight excluding hydrogens is 384 g/mol. The first-order valence-corrected chi connectivity index (χ1v) is 11.1. The maximum absolute atomic E-state index is 13.0. The van der Waals surface area contributed by atoms with Crippen LogP contribution in [0.15, 0.2) is 11.1 Å². The molecule has 2 N–H and O–H groups in total. The third kappa shape index (κ3) is 4.25.